The van der Waals surface area contributed by atoms with E-state index in [1.54, 1.807) is 6.07 Å². The van der Waals surface area contributed by atoms with E-state index in [1.165, 1.54) is 16.3 Å². The van der Waals surface area contributed by atoms with Crippen LogP contribution in [-0.2, 0) is 4.79 Å². The monoisotopic (exact) mass is 482 g/mol. The van der Waals surface area contributed by atoms with Crippen molar-refractivity contribution >= 4 is 28.1 Å². The molecule has 5 rings (SSSR count). The highest BCUT2D eigenvalue weighted by Crippen LogP contribution is 2.39. The molecule has 0 aliphatic carbocycles. The van der Waals surface area contributed by atoms with Gasteiger partial charge in [-0.3, -0.25) is 0 Å². The van der Waals surface area contributed by atoms with Crippen LogP contribution >= 0.6 is 0 Å². The predicted octanol–water partition coefficient (Wildman–Crippen LogP) is 5.94. The van der Waals surface area contributed by atoms with Gasteiger partial charge in [0, 0.05) is 17.8 Å². The Hall–Kier alpha value is -4.03. The molecule has 1 aliphatic rings. The summed E-state index contributed by atoms with van der Waals surface area (Å²) in [4.78, 5) is 13.1. The molecule has 1 heterocycles. The first-order valence-electron chi connectivity index (χ1n) is 12.3. The first-order chi connectivity index (χ1) is 17.6. The number of carbonyl (C=O) groups is 1. The molecule has 2 unspecified atom stereocenters. The maximum atomic E-state index is 10.9. The average Bonchev–Trinajstić information content (AvgIpc) is 2.91. The highest BCUT2D eigenvalue weighted by atomic mass is 16.5. The molecule has 4 aromatic rings. The molecule has 0 amide bonds. The van der Waals surface area contributed by atoms with Gasteiger partial charge in [-0.1, -0.05) is 60.7 Å². The molecule has 184 valence electrons. The molecule has 0 radical (unpaired) electrons. The molecule has 0 spiro atoms. The molecular formula is C30H30N2O4. The van der Waals surface area contributed by atoms with Crippen molar-refractivity contribution in [1.82, 2.24) is 5.32 Å². The summed E-state index contributed by atoms with van der Waals surface area (Å²) in [5.41, 5.74) is 3.22. The summed E-state index contributed by atoms with van der Waals surface area (Å²) >= 11 is 0. The molecule has 0 fully saturated rings. The van der Waals surface area contributed by atoms with E-state index in [4.69, 9.17) is 14.6 Å². The van der Waals surface area contributed by atoms with E-state index in [0.29, 0.717) is 12.3 Å². The van der Waals surface area contributed by atoms with Gasteiger partial charge in [-0.2, -0.15) is 0 Å². The third-order valence-corrected chi connectivity index (χ3v) is 6.53. The van der Waals surface area contributed by atoms with Crippen LogP contribution in [0.1, 0.15) is 24.9 Å². The number of ether oxygens (including phenoxy) is 2. The first-order valence-corrected chi connectivity index (χ1v) is 12.3. The van der Waals surface area contributed by atoms with Crippen molar-refractivity contribution in [2.45, 2.75) is 25.5 Å². The van der Waals surface area contributed by atoms with Crippen LogP contribution in [0.5, 0.6) is 11.5 Å². The second-order valence-electron chi connectivity index (χ2n) is 9.03. The minimum absolute atomic E-state index is 0.00397. The molecule has 0 aromatic heterocycles. The van der Waals surface area contributed by atoms with E-state index in [1.807, 2.05) is 42.5 Å². The number of carboxylic acid groups (broad SMARTS) is 1. The maximum Gasteiger partial charge on any atom is 0.341 e. The molecule has 1 aliphatic heterocycles. The molecule has 0 bridgehead atoms. The lowest BCUT2D eigenvalue weighted by Gasteiger charge is -2.36. The van der Waals surface area contributed by atoms with E-state index in [2.05, 4.69) is 59.6 Å². The third-order valence-electron chi connectivity index (χ3n) is 6.53. The minimum atomic E-state index is -0.998. The minimum Gasteiger partial charge on any atom is -0.486 e. The summed E-state index contributed by atoms with van der Waals surface area (Å²) < 4.78 is 11.8. The van der Waals surface area contributed by atoms with Crippen LogP contribution in [-0.4, -0.2) is 36.9 Å². The predicted molar refractivity (Wildman–Crippen MR) is 142 cm³/mol. The second-order valence-corrected chi connectivity index (χ2v) is 9.03. The Kier molecular flexibility index (Phi) is 7.05. The lowest BCUT2D eigenvalue weighted by Crippen LogP contribution is -2.39. The van der Waals surface area contributed by atoms with Crippen molar-refractivity contribution in [3.05, 3.63) is 96.6 Å². The summed E-state index contributed by atoms with van der Waals surface area (Å²) in [6, 6.07) is 30.7. The zero-order chi connectivity index (χ0) is 24.9. The van der Waals surface area contributed by atoms with Crippen molar-refractivity contribution in [2.75, 3.05) is 24.6 Å². The van der Waals surface area contributed by atoms with Gasteiger partial charge in [0.2, 0.25) is 0 Å². The van der Waals surface area contributed by atoms with Crippen LogP contribution < -0.4 is 19.7 Å². The number of nitrogens with zero attached hydrogens (tertiary/aromatic N) is 1. The van der Waals surface area contributed by atoms with E-state index >= 15 is 0 Å². The molecule has 6 heteroatoms. The van der Waals surface area contributed by atoms with Crippen molar-refractivity contribution in [3.63, 3.8) is 0 Å². The smallest absolute Gasteiger partial charge is 0.341 e. The fourth-order valence-electron chi connectivity index (χ4n) is 4.78. The number of rotatable bonds is 9. The number of fused-ring (bicyclic) bond motifs is 2. The SMILES string of the molecule is CC(NCCC1CN(c2cccc(OCC(=O)O)c2)c2ccccc2O1)c1cccc2ccccc12. The van der Waals surface area contributed by atoms with Crippen LogP contribution in [0, 0.1) is 0 Å². The van der Waals surface area contributed by atoms with Gasteiger partial charge >= 0.3 is 5.97 Å². The highest BCUT2D eigenvalue weighted by Gasteiger charge is 2.26. The van der Waals surface area contributed by atoms with Gasteiger partial charge in [0.15, 0.2) is 6.61 Å². The van der Waals surface area contributed by atoms with E-state index < -0.39 is 5.97 Å². The third kappa shape index (κ3) is 5.29. The van der Waals surface area contributed by atoms with E-state index in [0.717, 1.165) is 30.1 Å². The van der Waals surface area contributed by atoms with Gasteiger partial charge in [-0.15, -0.1) is 0 Å². The number of para-hydroxylation sites is 2. The number of carboxylic acids is 1. The van der Waals surface area contributed by atoms with Crippen molar-refractivity contribution in [1.29, 1.82) is 0 Å². The van der Waals surface area contributed by atoms with Crippen LogP contribution in [0.2, 0.25) is 0 Å². The molecule has 2 atom stereocenters. The molecule has 36 heavy (non-hydrogen) atoms. The van der Waals surface area contributed by atoms with Crippen molar-refractivity contribution < 1.29 is 19.4 Å². The fraction of sp³-hybridized carbons (Fsp3) is 0.233. The average molecular weight is 483 g/mol. The number of hydrogen-bond acceptors (Lipinski definition) is 5. The summed E-state index contributed by atoms with van der Waals surface area (Å²) in [7, 11) is 0. The van der Waals surface area contributed by atoms with Crippen molar-refractivity contribution in [2.24, 2.45) is 0 Å². The van der Waals surface area contributed by atoms with E-state index in [-0.39, 0.29) is 18.8 Å². The first kappa shape index (κ1) is 23.7. The van der Waals surface area contributed by atoms with Gasteiger partial charge in [-0.05, 0) is 60.5 Å². The quantitative estimate of drug-likeness (QED) is 0.308. The highest BCUT2D eigenvalue weighted by molar-refractivity contribution is 5.86. The number of benzene rings is 4. The van der Waals surface area contributed by atoms with Crippen LogP contribution in [0.3, 0.4) is 0 Å². The number of hydrogen-bond donors (Lipinski definition) is 2. The second kappa shape index (κ2) is 10.7. The zero-order valence-corrected chi connectivity index (χ0v) is 20.3. The van der Waals surface area contributed by atoms with Gasteiger partial charge < -0.3 is 24.8 Å². The largest absolute Gasteiger partial charge is 0.486 e. The number of anilines is 2. The summed E-state index contributed by atoms with van der Waals surface area (Å²) in [5.74, 6) is 0.371. The number of nitrogens with one attached hydrogen (secondary N) is 1. The van der Waals surface area contributed by atoms with Gasteiger partial charge in [0.25, 0.3) is 0 Å². The maximum absolute atomic E-state index is 10.9. The molecular weight excluding hydrogens is 452 g/mol. The Balaban J connectivity index is 1.28. The standard InChI is InChI=1S/C30H30N2O4/c1-21(26-13-6-9-22-8-2-3-12-27(22)26)31-17-16-25-19-32(28-14-4-5-15-29(28)36-25)23-10-7-11-24(18-23)35-20-30(33)34/h2-15,18,21,25,31H,16-17,19-20H2,1H3,(H,33,34). The fourth-order valence-corrected chi connectivity index (χ4v) is 4.78. The lowest BCUT2D eigenvalue weighted by atomic mass is 9.99. The molecule has 6 nitrogen and oxygen atoms in total. The Bertz CT molecular complexity index is 1350. The topological polar surface area (TPSA) is 71.0 Å². The summed E-state index contributed by atoms with van der Waals surface area (Å²) in [5, 5.41) is 15.2. The Morgan fingerprint density at radius 2 is 1.83 bits per heavy atom. The summed E-state index contributed by atoms with van der Waals surface area (Å²) in [6.07, 6.45) is 0.838. The molecule has 0 saturated heterocycles. The Morgan fingerprint density at radius 3 is 2.72 bits per heavy atom. The van der Waals surface area contributed by atoms with Gasteiger partial charge in [-0.25, -0.2) is 4.79 Å². The Morgan fingerprint density at radius 1 is 1.06 bits per heavy atom. The van der Waals surface area contributed by atoms with E-state index in [9.17, 15) is 4.79 Å². The van der Waals surface area contributed by atoms with Crippen LogP contribution in [0.15, 0.2) is 91.0 Å². The van der Waals surface area contributed by atoms with Gasteiger partial charge in [0.1, 0.15) is 17.6 Å². The summed E-state index contributed by atoms with van der Waals surface area (Å²) in [6.45, 7) is 3.33. The molecule has 2 N–H and O–H groups in total. The molecule has 0 saturated carbocycles. The van der Waals surface area contributed by atoms with Gasteiger partial charge in [0.05, 0.1) is 12.2 Å². The lowest BCUT2D eigenvalue weighted by molar-refractivity contribution is -0.139. The van der Waals surface area contributed by atoms with Crippen LogP contribution in [0.25, 0.3) is 10.8 Å². The zero-order valence-electron chi connectivity index (χ0n) is 20.3. The normalized spacial score (nSPS) is 15.7. The van der Waals surface area contributed by atoms with Crippen LogP contribution in [0.4, 0.5) is 11.4 Å². The Labute approximate surface area is 211 Å². The molecule has 4 aromatic carbocycles. The van der Waals surface area contributed by atoms with Crippen molar-refractivity contribution in [3.8, 4) is 11.5 Å². The number of aliphatic carboxylic acids is 1.